The number of carbonyl (C=O) groups is 1. The Balaban J connectivity index is 2.24. The van der Waals surface area contributed by atoms with E-state index in [1.807, 2.05) is 0 Å². The Hall–Kier alpha value is -2.21. The lowest BCUT2D eigenvalue weighted by molar-refractivity contribution is 0.0696. The summed E-state index contributed by atoms with van der Waals surface area (Å²) in [4.78, 5) is 10.9. The van der Waals surface area contributed by atoms with Gasteiger partial charge in [0.15, 0.2) is 17.3 Å². The van der Waals surface area contributed by atoms with Crippen LogP contribution in [0.4, 0.5) is 0 Å². The van der Waals surface area contributed by atoms with Crippen LogP contribution in [0.3, 0.4) is 0 Å². The molecule has 0 saturated heterocycles. The molecule has 0 saturated carbocycles. The van der Waals surface area contributed by atoms with E-state index >= 15 is 0 Å². The number of carboxylic acids is 1. The minimum Gasteiger partial charge on any atom is -0.493 e. The largest absolute Gasteiger partial charge is 0.493 e. The van der Waals surface area contributed by atoms with Crippen molar-refractivity contribution in [2.45, 2.75) is 13.5 Å². The van der Waals surface area contributed by atoms with Crippen LogP contribution in [0.15, 0.2) is 22.7 Å². The van der Waals surface area contributed by atoms with Crippen LogP contribution in [0, 0.1) is 6.92 Å². The van der Waals surface area contributed by atoms with Crippen LogP contribution in [0.5, 0.6) is 11.5 Å². The van der Waals surface area contributed by atoms with Gasteiger partial charge < -0.3 is 19.1 Å². The summed E-state index contributed by atoms with van der Waals surface area (Å²) in [6.45, 7) is 1.91. The smallest absolute Gasteiger partial charge is 0.335 e. The highest BCUT2D eigenvalue weighted by Crippen LogP contribution is 2.37. The molecule has 0 unspecified atom stereocenters. The molecule has 0 spiro atoms. The first-order valence-corrected chi connectivity index (χ1v) is 6.05. The van der Waals surface area contributed by atoms with Gasteiger partial charge in [-0.3, -0.25) is 0 Å². The van der Waals surface area contributed by atoms with Crippen LogP contribution in [-0.4, -0.2) is 23.3 Å². The summed E-state index contributed by atoms with van der Waals surface area (Å²) in [5, 5.41) is 12.8. The van der Waals surface area contributed by atoms with Gasteiger partial charge in [-0.25, -0.2) is 4.79 Å². The number of nitrogens with zero attached hydrogens (tertiary/aromatic N) is 1. The topological polar surface area (TPSA) is 81.8 Å². The summed E-state index contributed by atoms with van der Waals surface area (Å²) >= 11 is 6.01. The van der Waals surface area contributed by atoms with Gasteiger partial charge in [0.05, 0.1) is 23.4 Å². The van der Waals surface area contributed by atoms with Crippen LogP contribution >= 0.6 is 11.6 Å². The molecule has 106 valence electrons. The third kappa shape index (κ3) is 3.03. The zero-order valence-corrected chi connectivity index (χ0v) is 11.6. The Morgan fingerprint density at radius 3 is 2.75 bits per heavy atom. The van der Waals surface area contributed by atoms with Crippen LogP contribution in [0.1, 0.15) is 21.8 Å². The molecule has 1 N–H and O–H groups in total. The average molecular weight is 298 g/mol. The highest BCUT2D eigenvalue weighted by molar-refractivity contribution is 6.32. The van der Waals surface area contributed by atoms with E-state index in [2.05, 4.69) is 5.16 Å². The number of aromatic carboxylic acids is 1. The molecule has 0 aliphatic carbocycles. The van der Waals surface area contributed by atoms with Crippen LogP contribution in [0.2, 0.25) is 5.02 Å². The number of benzene rings is 1. The van der Waals surface area contributed by atoms with Crippen molar-refractivity contribution in [3.8, 4) is 11.5 Å². The van der Waals surface area contributed by atoms with Gasteiger partial charge in [0, 0.05) is 6.07 Å². The Morgan fingerprint density at radius 2 is 2.20 bits per heavy atom. The molecule has 1 aromatic heterocycles. The molecule has 20 heavy (non-hydrogen) atoms. The summed E-state index contributed by atoms with van der Waals surface area (Å²) in [5.41, 5.74) is 0.762. The molecule has 1 aromatic carbocycles. The van der Waals surface area contributed by atoms with Crippen molar-refractivity contribution in [1.82, 2.24) is 5.16 Å². The highest BCUT2D eigenvalue weighted by atomic mass is 35.5. The normalized spacial score (nSPS) is 10.3. The van der Waals surface area contributed by atoms with Crippen molar-refractivity contribution in [2.75, 3.05) is 7.11 Å². The maximum Gasteiger partial charge on any atom is 0.335 e. The number of halogens is 1. The number of rotatable bonds is 5. The number of aromatic nitrogens is 1. The first-order valence-electron chi connectivity index (χ1n) is 5.67. The van der Waals surface area contributed by atoms with Crippen molar-refractivity contribution < 1.29 is 23.9 Å². The lowest BCUT2D eigenvalue weighted by Gasteiger charge is -2.12. The van der Waals surface area contributed by atoms with E-state index in [1.165, 1.54) is 19.2 Å². The van der Waals surface area contributed by atoms with Crippen molar-refractivity contribution in [3.05, 3.63) is 40.2 Å². The van der Waals surface area contributed by atoms with Gasteiger partial charge in [-0.1, -0.05) is 16.8 Å². The van der Waals surface area contributed by atoms with E-state index in [0.717, 1.165) is 5.69 Å². The first-order chi connectivity index (χ1) is 9.51. The molecule has 6 nitrogen and oxygen atoms in total. The lowest BCUT2D eigenvalue weighted by atomic mass is 10.2. The molecule has 0 fully saturated rings. The molecule has 0 aliphatic heterocycles. The molecule has 0 aliphatic rings. The minimum atomic E-state index is -1.09. The number of hydrogen-bond acceptors (Lipinski definition) is 5. The molecule has 2 aromatic rings. The summed E-state index contributed by atoms with van der Waals surface area (Å²) in [6, 6.07) is 4.37. The van der Waals surface area contributed by atoms with Crippen molar-refractivity contribution >= 4 is 17.6 Å². The van der Waals surface area contributed by atoms with E-state index in [1.54, 1.807) is 13.0 Å². The van der Waals surface area contributed by atoms with E-state index < -0.39 is 5.97 Å². The Kier molecular flexibility index (Phi) is 4.14. The second-order valence-electron chi connectivity index (χ2n) is 4.02. The predicted molar refractivity (Wildman–Crippen MR) is 70.5 cm³/mol. The maximum atomic E-state index is 10.9. The fourth-order valence-electron chi connectivity index (χ4n) is 1.61. The van der Waals surface area contributed by atoms with Gasteiger partial charge in [0.2, 0.25) is 0 Å². The van der Waals surface area contributed by atoms with E-state index in [4.69, 9.17) is 30.7 Å². The second-order valence-corrected chi connectivity index (χ2v) is 4.43. The van der Waals surface area contributed by atoms with Crippen LogP contribution in [-0.2, 0) is 6.61 Å². The fourth-order valence-corrected chi connectivity index (χ4v) is 1.88. The van der Waals surface area contributed by atoms with Gasteiger partial charge in [0.25, 0.3) is 0 Å². The average Bonchev–Trinajstić information content (AvgIpc) is 2.82. The molecule has 0 radical (unpaired) electrons. The molecular weight excluding hydrogens is 286 g/mol. The summed E-state index contributed by atoms with van der Waals surface area (Å²) in [7, 11) is 1.41. The fraction of sp³-hybridized carbons (Fsp3) is 0.231. The number of ether oxygens (including phenoxy) is 2. The van der Waals surface area contributed by atoms with Gasteiger partial charge in [-0.15, -0.1) is 0 Å². The number of hydrogen-bond donors (Lipinski definition) is 1. The third-order valence-electron chi connectivity index (χ3n) is 2.51. The summed E-state index contributed by atoms with van der Waals surface area (Å²) in [6.07, 6.45) is 0. The second kappa shape index (κ2) is 5.83. The molecule has 0 amide bonds. The van der Waals surface area contributed by atoms with Gasteiger partial charge in [-0.05, 0) is 19.1 Å². The van der Waals surface area contributed by atoms with Gasteiger partial charge >= 0.3 is 5.97 Å². The van der Waals surface area contributed by atoms with Crippen LogP contribution in [0.25, 0.3) is 0 Å². The first kappa shape index (κ1) is 14.2. The summed E-state index contributed by atoms with van der Waals surface area (Å²) < 4.78 is 15.6. The van der Waals surface area contributed by atoms with Crippen molar-refractivity contribution in [2.24, 2.45) is 0 Å². The Morgan fingerprint density at radius 1 is 1.45 bits per heavy atom. The standard InChI is InChI=1S/C13H12ClNO5/c1-7-3-9(20-15-7)6-19-12-10(14)4-8(13(16)17)5-11(12)18-2/h3-5H,6H2,1-2H3,(H,16,17). The monoisotopic (exact) mass is 297 g/mol. The number of aryl methyl sites for hydroxylation is 1. The highest BCUT2D eigenvalue weighted by Gasteiger charge is 2.16. The maximum absolute atomic E-state index is 10.9. The SMILES string of the molecule is COc1cc(C(=O)O)cc(Cl)c1OCc1cc(C)no1. The number of carboxylic acid groups (broad SMARTS) is 1. The van der Waals surface area contributed by atoms with E-state index in [9.17, 15) is 4.79 Å². The Labute approximate surface area is 119 Å². The molecule has 2 rings (SSSR count). The zero-order chi connectivity index (χ0) is 14.7. The minimum absolute atomic E-state index is 0.0229. The van der Waals surface area contributed by atoms with Crippen molar-refractivity contribution in [1.29, 1.82) is 0 Å². The Bertz CT molecular complexity index is 638. The quantitative estimate of drug-likeness (QED) is 0.913. The molecule has 0 atom stereocenters. The van der Waals surface area contributed by atoms with Gasteiger partial charge in [0.1, 0.15) is 6.61 Å². The van der Waals surface area contributed by atoms with Crippen molar-refractivity contribution in [3.63, 3.8) is 0 Å². The number of methoxy groups -OCH3 is 1. The lowest BCUT2D eigenvalue weighted by Crippen LogP contribution is -2.01. The molecule has 0 bridgehead atoms. The molecule has 1 heterocycles. The van der Waals surface area contributed by atoms with E-state index in [-0.39, 0.29) is 28.7 Å². The third-order valence-corrected chi connectivity index (χ3v) is 2.79. The van der Waals surface area contributed by atoms with Crippen LogP contribution < -0.4 is 9.47 Å². The molecule has 7 heteroatoms. The summed E-state index contributed by atoms with van der Waals surface area (Å²) in [5.74, 6) is -0.0649. The van der Waals surface area contributed by atoms with E-state index in [0.29, 0.717) is 5.76 Å². The molecular formula is C13H12ClNO5. The van der Waals surface area contributed by atoms with Gasteiger partial charge in [-0.2, -0.15) is 0 Å². The zero-order valence-electron chi connectivity index (χ0n) is 10.8. The predicted octanol–water partition coefficient (Wildman–Crippen LogP) is 2.92.